The number of benzene rings is 1. The Morgan fingerprint density at radius 1 is 1.00 bits per heavy atom. The van der Waals surface area contributed by atoms with Gasteiger partial charge in [0.05, 0.1) is 35.5 Å². The molecule has 1 aromatic carbocycles. The van der Waals surface area contributed by atoms with Crippen molar-refractivity contribution in [3.8, 4) is 5.75 Å². The van der Waals surface area contributed by atoms with Crippen molar-refractivity contribution in [3.05, 3.63) is 22.7 Å². The second-order valence-electron chi connectivity index (χ2n) is 12.1. The average molecular weight is 638 g/mol. The van der Waals surface area contributed by atoms with Gasteiger partial charge in [-0.3, -0.25) is 14.4 Å². The van der Waals surface area contributed by atoms with Crippen LogP contribution in [0.3, 0.4) is 0 Å². The number of carboxylic acid groups (broad SMARTS) is 1. The van der Waals surface area contributed by atoms with Gasteiger partial charge in [0, 0.05) is 58.7 Å². The molecule has 0 spiro atoms. The number of methoxy groups -OCH3 is 2. The number of hydrogen-bond donors (Lipinski definition) is 3. The second kappa shape index (κ2) is 18.4. The molecule has 2 heterocycles. The first-order valence-corrected chi connectivity index (χ1v) is 16.4. The van der Waals surface area contributed by atoms with Gasteiger partial charge in [-0.05, 0) is 70.6 Å². The Bertz CT molecular complexity index is 1090. The highest BCUT2D eigenvalue weighted by Crippen LogP contribution is 2.29. The number of anilines is 1. The topological polar surface area (TPSA) is 138 Å². The van der Waals surface area contributed by atoms with Crippen LogP contribution < -0.4 is 15.8 Å². The first-order chi connectivity index (χ1) is 21.1. The molecule has 0 aliphatic carbocycles. The Morgan fingerprint density at radius 2 is 1.68 bits per heavy atom. The molecule has 0 aromatic heterocycles. The Labute approximate surface area is 267 Å². The first kappa shape index (κ1) is 35.9. The Balaban J connectivity index is 1.33. The van der Waals surface area contributed by atoms with E-state index >= 15 is 0 Å². The Hall–Kier alpha value is -2.60. The van der Waals surface area contributed by atoms with E-state index in [4.69, 9.17) is 31.9 Å². The van der Waals surface area contributed by atoms with Gasteiger partial charge in [-0.25, -0.2) is 0 Å². The van der Waals surface area contributed by atoms with Crippen molar-refractivity contribution in [3.63, 3.8) is 0 Å². The average Bonchev–Trinajstić information content (AvgIpc) is 3.01. The number of halogens is 1. The van der Waals surface area contributed by atoms with E-state index in [0.29, 0.717) is 28.4 Å². The summed E-state index contributed by atoms with van der Waals surface area (Å²) in [4.78, 5) is 43.4. The van der Waals surface area contributed by atoms with Crippen LogP contribution >= 0.6 is 11.6 Å². The summed E-state index contributed by atoms with van der Waals surface area (Å²) in [7, 11) is 5.10. The molecular formula is C32H52ClN5O6. The van der Waals surface area contributed by atoms with E-state index in [1.165, 1.54) is 13.2 Å². The van der Waals surface area contributed by atoms with Crippen LogP contribution in [0.2, 0.25) is 5.02 Å². The van der Waals surface area contributed by atoms with Crippen LogP contribution in [0.1, 0.15) is 81.0 Å². The van der Waals surface area contributed by atoms with E-state index in [1.807, 2.05) is 11.9 Å². The van der Waals surface area contributed by atoms with Crippen molar-refractivity contribution in [1.29, 1.82) is 0 Å². The molecule has 2 fully saturated rings. The predicted molar refractivity (Wildman–Crippen MR) is 172 cm³/mol. The van der Waals surface area contributed by atoms with Gasteiger partial charge >= 0.3 is 5.97 Å². The predicted octanol–water partition coefficient (Wildman–Crippen LogP) is 3.88. The molecular weight excluding hydrogens is 586 g/mol. The van der Waals surface area contributed by atoms with E-state index in [-0.39, 0.29) is 36.4 Å². The van der Waals surface area contributed by atoms with Crippen LogP contribution in [0, 0.1) is 0 Å². The Kier molecular flexibility index (Phi) is 15.0. The van der Waals surface area contributed by atoms with Crippen molar-refractivity contribution in [2.45, 2.75) is 88.8 Å². The molecule has 0 unspecified atom stereocenters. The summed E-state index contributed by atoms with van der Waals surface area (Å²) >= 11 is 6.15. The summed E-state index contributed by atoms with van der Waals surface area (Å²) in [6.07, 6.45) is 9.07. The minimum Gasteiger partial charge on any atom is -0.496 e. The van der Waals surface area contributed by atoms with Crippen molar-refractivity contribution in [2.75, 3.05) is 66.3 Å². The number of carbonyl (C=O) groups excluding carboxylic acids is 2. The highest BCUT2D eigenvalue weighted by atomic mass is 35.5. The number of nitrogens with zero attached hydrogens (tertiary/aromatic N) is 3. The van der Waals surface area contributed by atoms with Gasteiger partial charge in [0.1, 0.15) is 5.75 Å². The number of amides is 2. The molecule has 2 saturated heterocycles. The second-order valence-corrected chi connectivity index (χ2v) is 12.5. The van der Waals surface area contributed by atoms with E-state index in [2.05, 4.69) is 15.1 Å². The number of nitrogen functional groups attached to an aromatic ring is 1. The lowest BCUT2D eigenvalue weighted by Crippen LogP contribution is -2.54. The number of likely N-dealkylation sites (N-methyl/N-ethyl adjacent to an activating group) is 1. The van der Waals surface area contributed by atoms with Gasteiger partial charge in [0.25, 0.3) is 5.91 Å². The third-order valence-corrected chi connectivity index (χ3v) is 9.30. The number of unbranched alkanes of at least 4 members (excludes halogenated alkanes) is 4. The lowest BCUT2D eigenvalue weighted by molar-refractivity contribution is -0.137. The number of nitrogens with one attached hydrogen (secondary N) is 1. The molecule has 12 heteroatoms. The number of carbonyl (C=O) groups is 3. The SMILES string of the molecule is COc1cc(N)c(Cl)cc1C(=O)N[C@@H]1CCN(CCCCCC(=O)N(C)[C@@H]2CCCN(CCCCCC(=O)O)C2)C[C@@H]1OC. The van der Waals surface area contributed by atoms with Gasteiger partial charge in [-0.1, -0.05) is 24.4 Å². The number of piperidine rings is 2. The summed E-state index contributed by atoms with van der Waals surface area (Å²) in [6.45, 7) is 5.43. The lowest BCUT2D eigenvalue weighted by Gasteiger charge is -2.38. The van der Waals surface area contributed by atoms with Gasteiger partial charge in [0.15, 0.2) is 0 Å². The molecule has 0 radical (unpaired) electrons. The number of rotatable bonds is 17. The zero-order valence-corrected chi connectivity index (χ0v) is 27.4. The molecule has 4 N–H and O–H groups in total. The summed E-state index contributed by atoms with van der Waals surface area (Å²) in [6, 6.07) is 3.20. The number of hydrogen-bond acceptors (Lipinski definition) is 8. The van der Waals surface area contributed by atoms with Crippen molar-refractivity contribution < 1.29 is 29.0 Å². The summed E-state index contributed by atoms with van der Waals surface area (Å²) in [5.41, 5.74) is 6.55. The molecule has 2 aliphatic rings. The number of nitrogens with two attached hydrogens (primary N) is 1. The highest BCUT2D eigenvalue weighted by molar-refractivity contribution is 6.33. The van der Waals surface area contributed by atoms with Gasteiger partial charge in [0.2, 0.25) is 5.91 Å². The lowest BCUT2D eigenvalue weighted by atomic mass is 10.00. The van der Waals surface area contributed by atoms with Gasteiger partial charge < -0.3 is 40.3 Å². The zero-order valence-electron chi connectivity index (χ0n) is 26.7. The largest absolute Gasteiger partial charge is 0.496 e. The van der Waals surface area contributed by atoms with Crippen LogP contribution in [0.15, 0.2) is 12.1 Å². The number of ether oxygens (including phenoxy) is 2. The molecule has 2 amide bonds. The van der Waals surface area contributed by atoms with Crippen LogP contribution in [0.4, 0.5) is 5.69 Å². The fraction of sp³-hybridized carbons (Fsp3) is 0.719. The van der Waals surface area contributed by atoms with E-state index < -0.39 is 5.97 Å². The summed E-state index contributed by atoms with van der Waals surface area (Å²) < 4.78 is 11.1. The molecule has 0 bridgehead atoms. The molecule has 1 aromatic rings. The molecule has 3 rings (SSSR count). The van der Waals surface area contributed by atoms with Crippen molar-refractivity contribution in [1.82, 2.24) is 20.0 Å². The molecule has 44 heavy (non-hydrogen) atoms. The van der Waals surface area contributed by atoms with Gasteiger partial charge in [-0.15, -0.1) is 0 Å². The first-order valence-electron chi connectivity index (χ1n) is 16.0. The monoisotopic (exact) mass is 637 g/mol. The van der Waals surface area contributed by atoms with E-state index in [9.17, 15) is 14.4 Å². The minimum atomic E-state index is -0.727. The zero-order chi connectivity index (χ0) is 32.1. The summed E-state index contributed by atoms with van der Waals surface area (Å²) in [5.74, 6) is -0.404. The van der Waals surface area contributed by atoms with Crippen LogP contribution in [-0.2, 0) is 14.3 Å². The molecule has 2 aliphatic heterocycles. The Morgan fingerprint density at radius 3 is 2.34 bits per heavy atom. The third kappa shape index (κ3) is 11.1. The van der Waals surface area contributed by atoms with Crippen LogP contribution in [-0.4, -0.2) is 116 Å². The molecule has 248 valence electrons. The van der Waals surface area contributed by atoms with E-state index in [0.717, 1.165) is 97.1 Å². The van der Waals surface area contributed by atoms with Crippen LogP contribution in [0.5, 0.6) is 5.75 Å². The molecule has 11 nitrogen and oxygen atoms in total. The molecule has 3 atom stereocenters. The third-order valence-electron chi connectivity index (χ3n) is 8.98. The minimum absolute atomic E-state index is 0.134. The number of aliphatic carboxylic acids is 1. The smallest absolute Gasteiger partial charge is 0.303 e. The number of carboxylic acids is 1. The number of likely N-dealkylation sites (tertiary alicyclic amines) is 2. The standard InChI is InChI=1S/C32H52ClN5O6/c1-36(23-11-10-17-37(21-23)15-9-5-7-13-31(40)41)30(39)12-6-4-8-16-38-18-14-27(29(22-38)44-3)35-32(42)24-19-25(33)26(34)20-28(24)43-2/h19-20,23,27,29H,4-18,21-22,34H2,1-3H3,(H,35,42)(H,40,41)/t23-,27-,29+/m1/s1. The van der Waals surface area contributed by atoms with Gasteiger partial charge in [-0.2, -0.15) is 0 Å². The maximum atomic E-state index is 13.0. The maximum Gasteiger partial charge on any atom is 0.303 e. The summed E-state index contributed by atoms with van der Waals surface area (Å²) in [5, 5.41) is 12.2. The molecule has 0 saturated carbocycles. The quantitative estimate of drug-likeness (QED) is 0.172. The van der Waals surface area contributed by atoms with E-state index in [1.54, 1.807) is 13.2 Å². The van der Waals surface area contributed by atoms with Crippen LogP contribution in [0.25, 0.3) is 0 Å². The van der Waals surface area contributed by atoms with Crippen molar-refractivity contribution >= 4 is 35.1 Å². The maximum absolute atomic E-state index is 13.0. The normalized spacial score (nSPS) is 21.1. The fourth-order valence-corrected chi connectivity index (χ4v) is 6.42. The fourth-order valence-electron chi connectivity index (χ4n) is 6.26. The highest BCUT2D eigenvalue weighted by Gasteiger charge is 2.31. The van der Waals surface area contributed by atoms with Crippen molar-refractivity contribution in [2.24, 2.45) is 0 Å².